The number of hydrogen-bond acceptors (Lipinski definition) is 4. The molecule has 1 fully saturated rings. The van der Waals surface area contributed by atoms with Crippen LogP contribution in [-0.2, 0) is 14.4 Å². The van der Waals surface area contributed by atoms with Crippen LogP contribution in [-0.4, -0.2) is 55.2 Å². The van der Waals surface area contributed by atoms with Crippen LogP contribution in [0.1, 0.15) is 6.92 Å². The Labute approximate surface area is 134 Å². The Morgan fingerprint density at radius 3 is 2.36 bits per heavy atom. The fourth-order valence-electron chi connectivity index (χ4n) is 2.30. The summed E-state index contributed by atoms with van der Waals surface area (Å²) in [6, 6.07) is 7.60. The molecule has 1 heterocycles. The van der Waals surface area contributed by atoms with Crippen molar-refractivity contribution >= 4 is 34.9 Å². The number of Topliss-reactive ketones (excluding diaryl/α,β-unsaturated/α-hetero) is 1. The number of benzene rings is 1. The van der Waals surface area contributed by atoms with E-state index in [4.69, 9.17) is 11.6 Å². The molecular weight excluding hydrogens is 306 g/mol. The summed E-state index contributed by atoms with van der Waals surface area (Å²) in [6.45, 7) is 3.49. The van der Waals surface area contributed by atoms with Gasteiger partial charge in [0.25, 0.3) is 5.91 Å². The Bertz CT molecular complexity index is 583. The van der Waals surface area contributed by atoms with Crippen molar-refractivity contribution < 1.29 is 14.4 Å². The molecule has 1 saturated heterocycles. The van der Waals surface area contributed by atoms with Gasteiger partial charge in [-0.2, -0.15) is 0 Å². The number of piperazine rings is 1. The van der Waals surface area contributed by atoms with E-state index in [0.29, 0.717) is 31.2 Å². The number of carbonyl (C=O) groups is 3. The maximum Gasteiger partial charge on any atom is 0.287 e. The van der Waals surface area contributed by atoms with Gasteiger partial charge in [0, 0.05) is 33.1 Å². The number of nitrogens with one attached hydrogen (secondary N) is 1. The maximum atomic E-state index is 12.0. The molecule has 0 spiro atoms. The molecule has 0 aliphatic carbocycles. The molecule has 6 nitrogen and oxygen atoms in total. The molecule has 0 bridgehead atoms. The zero-order valence-electron chi connectivity index (χ0n) is 12.3. The summed E-state index contributed by atoms with van der Waals surface area (Å²) in [4.78, 5) is 37.7. The quantitative estimate of drug-likeness (QED) is 0.828. The van der Waals surface area contributed by atoms with Gasteiger partial charge in [0.05, 0.1) is 17.3 Å². The van der Waals surface area contributed by atoms with E-state index >= 15 is 0 Å². The Morgan fingerprint density at radius 1 is 1.14 bits per heavy atom. The summed E-state index contributed by atoms with van der Waals surface area (Å²) in [5.74, 6) is -1.52. The molecule has 0 atom stereocenters. The van der Waals surface area contributed by atoms with Crippen LogP contribution in [0, 0.1) is 0 Å². The summed E-state index contributed by atoms with van der Waals surface area (Å²) in [7, 11) is 0. The average Bonchev–Trinajstić information content (AvgIpc) is 2.52. The van der Waals surface area contributed by atoms with Gasteiger partial charge >= 0.3 is 0 Å². The Balaban J connectivity index is 1.84. The topological polar surface area (TPSA) is 69.7 Å². The molecule has 2 amide bonds. The van der Waals surface area contributed by atoms with Crippen molar-refractivity contribution in [2.45, 2.75) is 6.92 Å². The second-order valence-corrected chi connectivity index (χ2v) is 5.47. The third kappa shape index (κ3) is 3.98. The number of hydrogen-bond donors (Lipinski definition) is 1. The zero-order valence-corrected chi connectivity index (χ0v) is 13.1. The van der Waals surface area contributed by atoms with Crippen LogP contribution in [0.2, 0.25) is 5.02 Å². The maximum absolute atomic E-state index is 12.0. The molecule has 118 valence electrons. The van der Waals surface area contributed by atoms with Crippen LogP contribution < -0.4 is 10.2 Å². The van der Waals surface area contributed by atoms with Gasteiger partial charge in [-0.05, 0) is 12.1 Å². The van der Waals surface area contributed by atoms with Crippen LogP contribution >= 0.6 is 11.6 Å². The molecule has 2 rings (SSSR count). The number of rotatable bonds is 4. The number of amides is 2. The first-order valence-electron chi connectivity index (χ1n) is 7.05. The monoisotopic (exact) mass is 323 g/mol. The molecular formula is C15H18ClN3O3. The van der Waals surface area contributed by atoms with Crippen LogP contribution in [0.15, 0.2) is 24.3 Å². The highest BCUT2D eigenvalue weighted by molar-refractivity contribution is 6.35. The van der Waals surface area contributed by atoms with Crippen molar-refractivity contribution in [1.29, 1.82) is 0 Å². The van der Waals surface area contributed by atoms with Crippen LogP contribution in [0.5, 0.6) is 0 Å². The number of halogens is 1. The number of anilines is 1. The van der Waals surface area contributed by atoms with Crippen LogP contribution in [0.4, 0.5) is 5.69 Å². The van der Waals surface area contributed by atoms with Gasteiger partial charge in [-0.15, -0.1) is 0 Å². The molecule has 22 heavy (non-hydrogen) atoms. The van der Waals surface area contributed by atoms with Gasteiger partial charge in [0.1, 0.15) is 0 Å². The van der Waals surface area contributed by atoms with E-state index in [-0.39, 0.29) is 12.5 Å². The lowest BCUT2D eigenvalue weighted by atomic mass is 10.2. The van der Waals surface area contributed by atoms with E-state index in [0.717, 1.165) is 5.69 Å². The molecule has 1 aliphatic rings. The number of ketones is 1. The Kier molecular flexibility index (Phi) is 5.38. The standard InChI is InChI=1S/C15H18ClN3O3/c1-11(20)15(22)17-10-14(21)19-8-6-18(7-9-19)13-5-3-2-4-12(13)16/h2-5H,6-10H2,1H3,(H,17,22). The third-order valence-electron chi connectivity index (χ3n) is 3.55. The minimum Gasteiger partial charge on any atom is -0.367 e. The Morgan fingerprint density at radius 2 is 1.77 bits per heavy atom. The first-order chi connectivity index (χ1) is 10.5. The van der Waals surface area contributed by atoms with E-state index in [1.165, 1.54) is 6.92 Å². The van der Waals surface area contributed by atoms with E-state index in [1.54, 1.807) is 4.90 Å². The van der Waals surface area contributed by atoms with Gasteiger partial charge in [-0.25, -0.2) is 0 Å². The van der Waals surface area contributed by atoms with Crippen molar-refractivity contribution in [1.82, 2.24) is 10.2 Å². The minimum atomic E-state index is -0.733. The second-order valence-electron chi connectivity index (χ2n) is 5.06. The van der Waals surface area contributed by atoms with Gasteiger partial charge < -0.3 is 15.1 Å². The second kappa shape index (κ2) is 7.26. The lowest BCUT2D eigenvalue weighted by molar-refractivity contribution is -0.138. The molecule has 0 saturated carbocycles. The Hall–Kier alpha value is -2.08. The van der Waals surface area contributed by atoms with E-state index in [9.17, 15) is 14.4 Å². The lowest BCUT2D eigenvalue weighted by Crippen LogP contribution is -2.51. The highest BCUT2D eigenvalue weighted by Gasteiger charge is 2.22. The van der Waals surface area contributed by atoms with Crippen molar-refractivity contribution in [2.24, 2.45) is 0 Å². The molecule has 0 radical (unpaired) electrons. The molecule has 1 N–H and O–H groups in total. The first-order valence-corrected chi connectivity index (χ1v) is 7.43. The molecule has 1 aromatic carbocycles. The highest BCUT2D eigenvalue weighted by atomic mass is 35.5. The van der Waals surface area contributed by atoms with Crippen molar-refractivity contribution in [2.75, 3.05) is 37.6 Å². The smallest absolute Gasteiger partial charge is 0.287 e. The molecule has 7 heteroatoms. The van der Waals surface area contributed by atoms with Crippen LogP contribution in [0.25, 0.3) is 0 Å². The number of nitrogens with zero attached hydrogens (tertiary/aromatic N) is 2. The number of para-hydroxylation sites is 1. The fraction of sp³-hybridized carbons (Fsp3) is 0.400. The number of carbonyl (C=O) groups excluding carboxylic acids is 3. The summed E-state index contributed by atoms with van der Waals surface area (Å²) in [5, 5.41) is 3.01. The predicted molar refractivity (Wildman–Crippen MR) is 83.9 cm³/mol. The molecule has 1 aliphatic heterocycles. The zero-order chi connectivity index (χ0) is 16.1. The van der Waals surface area contributed by atoms with Crippen molar-refractivity contribution in [3.05, 3.63) is 29.3 Å². The first kappa shape index (κ1) is 16.3. The summed E-state index contributed by atoms with van der Waals surface area (Å²) in [6.07, 6.45) is 0. The predicted octanol–water partition coefficient (Wildman–Crippen LogP) is 0.694. The summed E-state index contributed by atoms with van der Waals surface area (Å²) < 4.78 is 0. The van der Waals surface area contributed by atoms with E-state index in [2.05, 4.69) is 10.2 Å². The normalized spacial score (nSPS) is 14.6. The minimum absolute atomic E-state index is 0.148. The summed E-state index contributed by atoms with van der Waals surface area (Å²) >= 11 is 6.17. The van der Waals surface area contributed by atoms with Gasteiger partial charge in [0.2, 0.25) is 11.7 Å². The van der Waals surface area contributed by atoms with Gasteiger partial charge in [-0.1, -0.05) is 23.7 Å². The lowest BCUT2D eigenvalue weighted by Gasteiger charge is -2.36. The average molecular weight is 324 g/mol. The van der Waals surface area contributed by atoms with Gasteiger partial charge in [0.15, 0.2) is 0 Å². The largest absolute Gasteiger partial charge is 0.367 e. The van der Waals surface area contributed by atoms with Crippen molar-refractivity contribution in [3.8, 4) is 0 Å². The molecule has 0 aromatic heterocycles. The highest BCUT2D eigenvalue weighted by Crippen LogP contribution is 2.25. The van der Waals surface area contributed by atoms with Crippen molar-refractivity contribution in [3.63, 3.8) is 0 Å². The SMILES string of the molecule is CC(=O)C(=O)NCC(=O)N1CCN(c2ccccc2Cl)CC1. The summed E-state index contributed by atoms with van der Waals surface area (Å²) in [5.41, 5.74) is 0.959. The van der Waals surface area contributed by atoms with Crippen LogP contribution in [0.3, 0.4) is 0 Å². The molecule has 1 aromatic rings. The van der Waals surface area contributed by atoms with Gasteiger partial charge in [-0.3, -0.25) is 14.4 Å². The third-order valence-corrected chi connectivity index (χ3v) is 3.87. The van der Waals surface area contributed by atoms with E-state index < -0.39 is 11.7 Å². The fourth-order valence-corrected chi connectivity index (χ4v) is 2.55. The molecule has 0 unspecified atom stereocenters. The van der Waals surface area contributed by atoms with E-state index in [1.807, 2.05) is 24.3 Å².